The van der Waals surface area contributed by atoms with Gasteiger partial charge in [-0.3, -0.25) is 14.2 Å². The van der Waals surface area contributed by atoms with Gasteiger partial charge in [-0.15, -0.1) is 0 Å². The molecule has 0 radical (unpaired) electrons. The summed E-state index contributed by atoms with van der Waals surface area (Å²) in [5, 5.41) is 3.28. The van der Waals surface area contributed by atoms with Crippen LogP contribution in [-0.4, -0.2) is 47.8 Å². The van der Waals surface area contributed by atoms with Crippen LogP contribution in [0.5, 0.6) is 0 Å². The number of rotatable bonds is 7. The Balaban J connectivity index is 1.64. The minimum absolute atomic E-state index is 0.0676. The molecular weight excluding hydrogens is 382 g/mol. The Kier molecular flexibility index (Phi) is 6.58. The Morgan fingerprint density at radius 2 is 2.25 bits per heavy atom. The second-order valence-corrected chi connectivity index (χ2v) is 7.07. The van der Waals surface area contributed by atoms with Gasteiger partial charge in [-0.25, -0.2) is 4.79 Å². The van der Waals surface area contributed by atoms with Crippen LogP contribution in [0.1, 0.15) is 36.0 Å². The number of benzene rings is 1. The molecule has 1 aromatic heterocycles. The molecule has 1 aliphatic rings. The van der Waals surface area contributed by atoms with Crippen molar-refractivity contribution in [3.05, 3.63) is 38.9 Å². The van der Waals surface area contributed by atoms with Gasteiger partial charge in [-0.2, -0.15) is 0 Å². The summed E-state index contributed by atoms with van der Waals surface area (Å²) in [6.07, 6.45) is 2.90. The Labute approximate surface area is 166 Å². The summed E-state index contributed by atoms with van der Waals surface area (Å²) in [5.41, 5.74) is 0.555. The maximum atomic E-state index is 12.7. The molecule has 2 N–H and O–H groups in total. The number of esters is 1. The second kappa shape index (κ2) is 9.11. The van der Waals surface area contributed by atoms with Gasteiger partial charge < -0.3 is 19.8 Å². The quantitative estimate of drug-likeness (QED) is 0.539. The average Bonchev–Trinajstić information content (AvgIpc) is 3.21. The fourth-order valence-electron chi connectivity index (χ4n) is 3.22. The molecule has 0 aliphatic carbocycles. The van der Waals surface area contributed by atoms with Crippen LogP contribution >= 0.6 is 12.2 Å². The number of carbonyl (C=O) groups excluding carboxylic acids is 2. The van der Waals surface area contributed by atoms with E-state index in [1.165, 1.54) is 17.7 Å². The number of aromatic nitrogens is 2. The molecule has 3 rings (SSSR count). The van der Waals surface area contributed by atoms with Gasteiger partial charge in [0, 0.05) is 26.1 Å². The average molecular weight is 405 g/mol. The number of aromatic amines is 1. The smallest absolute Gasteiger partial charge is 0.337 e. The molecule has 1 aromatic carbocycles. The maximum absolute atomic E-state index is 12.7. The molecule has 1 saturated heterocycles. The molecule has 9 heteroatoms. The van der Waals surface area contributed by atoms with Crippen LogP contribution in [-0.2, 0) is 20.8 Å². The molecule has 28 heavy (non-hydrogen) atoms. The number of carbonyl (C=O) groups is 2. The van der Waals surface area contributed by atoms with Crippen LogP contribution in [0.4, 0.5) is 0 Å². The van der Waals surface area contributed by atoms with Crippen molar-refractivity contribution in [2.45, 2.75) is 38.3 Å². The normalized spacial score (nSPS) is 16.2. The fourth-order valence-corrected chi connectivity index (χ4v) is 3.51. The van der Waals surface area contributed by atoms with Gasteiger partial charge in [0.1, 0.15) is 0 Å². The third-order valence-corrected chi connectivity index (χ3v) is 5.06. The highest BCUT2D eigenvalue weighted by Crippen LogP contribution is 2.12. The number of ether oxygens (including phenoxy) is 2. The largest absolute Gasteiger partial charge is 0.465 e. The Hall–Kier alpha value is -2.52. The number of nitrogens with one attached hydrogen (secondary N) is 2. The van der Waals surface area contributed by atoms with E-state index in [9.17, 15) is 14.4 Å². The van der Waals surface area contributed by atoms with E-state index >= 15 is 0 Å². The summed E-state index contributed by atoms with van der Waals surface area (Å²) in [6.45, 7) is 1.61. The molecule has 1 fully saturated rings. The summed E-state index contributed by atoms with van der Waals surface area (Å²) in [5.74, 6) is -0.554. The fraction of sp³-hybridized carbons (Fsp3) is 0.474. The van der Waals surface area contributed by atoms with Gasteiger partial charge in [-0.1, -0.05) is 0 Å². The predicted octanol–water partition coefficient (Wildman–Crippen LogP) is 1.92. The molecule has 0 spiro atoms. The van der Waals surface area contributed by atoms with Gasteiger partial charge in [0.05, 0.1) is 29.7 Å². The second-order valence-electron chi connectivity index (χ2n) is 6.68. The highest BCUT2D eigenvalue weighted by atomic mass is 32.1. The van der Waals surface area contributed by atoms with Gasteiger partial charge in [-0.05, 0) is 49.7 Å². The van der Waals surface area contributed by atoms with Crippen LogP contribution in [0.3, 0.4) is 0 Å². The highest BCUT2D eigenvalue weighted by Gasteiger charge is 2.16. The van der Waals surface area contributed by atoms with E-state index in [0.717, 1.165) is 19.4 Å². The molecule has 8 nitrogen and oxygen atoms in total. The van der Waals surface area contributed by atoms with Crippen LogP contribution in [0.2, 0.25) is 0 Å². The molecule has 0 saturated carbocycles. The SMILES string of the molecule is COC(=O)c1ccc2c(=O)n(CCCC(=O)NCC3CCCO3)c(=S)[nH]c2c1. The van der Waals surface area contributed by atoms with Crippen molar-refractivity contribution in [2.75, 3.05) is 20.3 Å². The van der Waals surface area contributed by atoms with Crippen molar-refractivity contribution in [2.24, 2.45) is 0 Å². The number of fused-ring (bicyclic) bond motifs is 1. The summed E-state index contributed by atoms with van der Waals surface area (Å²) < 4.78 is 11.8. The first-order valence-corrected chi connectivity index (χ1v) is 9.64. The molecule has 150 valence electrons. The summed E-state index contributed by atoms with van der Waals surface area (Å²) in [7, 11) is 1.30. The zero-order valence-corrected chi connectivity index (χ0v) is 16.5. The van der Waals surface area contributed by atoms with Crippen LogP contribution < -0.4 is 10.9 Å². The number of hydrogen-bond donors (Lipinski definition) is 2. The van der Waals surface area contributed by atoms with Gasteiger partial charge in [0.15, 0.2) is 4.77 Å². The van der Waals surface area contributed by atoms with Gasteiger partial charge in [0.2, 0.25) is 5.91 Å². The lowest BCUT2D eigenvalue weighted by molar-refractivity contribution is -0.121. The maximum Gasteiger partial charge on any atom is 0.337 e. The molecule has 1 atom stereocenters. The van der Waals surface area contributed by atoms with E-state index in [0.29, 0.717) is 42.4 Å². The summed E-state index contributed by atoms with van der Waals surface area (Å²) >= 11 is 5.28. The number of nitrogens with zero attached hydrogens (tertiary/aromatic N) is 1. The minimum atomic E-state index is -0.487. The minimum Gasteiger partial charge on any atom is -0.465 e. The number of hydrogen-bond acceptors (Lipinski definition) is 6. The van der Waals surface area contributed by atoms with Gasteiger partial charge in [0.25, 0.3) is 5.56 Å². The Morgan fingerprint density at radius 3 is 2.96 bits per heavy atom. The van der Waals surface area contributed by atoms with Gasteiger partial charge >= 0.3 is 5.97 Å². The van der Waals surface area contributed by atoms with E-state index in [2.05, 4.69) is 15.0 Å². The van der Waals surface area contributed by atoms with Crippen molar-refractivity contribution in [1.82, 2.24) is 14.9 Å². The Bertz CT molecular complexity index is 991. The molecule has 1 amide bonds. The van der Waals surface area contributed by atoms with Crippen LogP contribution in [0.25, 0.3) is 10.9 Å². The number of methoxy groups -OCH3 is 1. The zero-order chi connectivity index (χ0) is 20.1. The number of amides is 1. The lowest BCUT2D eigenvalue weighted by Gasteiger charge is -2.11. The van der Waals surface area contributed by atoms with E-state index in [-0.39, 0.29) is 22.3 Å². The lowest BCUT2D eigenvalue weighted by Crippen LogP contribution is -2.32. The molecule has 2 aromatic rings. The van der Waals surface area contributed by atoms with Crippen molar-refractivity contribution in [3.63, 3.8) is 0 Å². The standard InChI is InChI=1S/C19H23N3O5S/c1-26-18(25)12-6-7-14-15(10-12)21-19(28)22(17(14)24)8-2-5-16(23)20-11-13-4-3-9-27-13/h6-7,10,13H,2-5,8-9,11H2,1H3,(H,20,23)(H,21,28). The van der Waals surface area contributed by atoms with E-state index in [1.807, 2.05) is 0 Å². The predicted molar refractivity (Wildman–Crippen MR) is 106 cm³/mol. The Morgan fingerprint density at radius 1 is 1.43 bits per heavy atom. The van der Waals surface area contributed by atoms with E-state index in [1.54, 1.807) is 12.1 Å². The third kappa shape index (κ3) is 4.66. The van der Waals surface area contributed by atoms with E-state index in [4.69, 9.17) is 17.0 Å². The van der Waals surface area contributed by atoms with Crippen molar-refractivity contribution in [1.29, 1.82) is 0 Å². The van der Waals surface area contributed by atoms with Crippen molar-refractivity contribution >= 4 is 35.0 Å². The monoisotopic (exact) mass is 405 g/mol. The first kappa shape index (κ1) is 20.2. The molecular formula is C19H23N3O5S. The zero-order valence-electron chi connectivity index (χ0n) is 15.7. The summed E-state index contributed by atoms with van der Waals surface area (Å²) in [6, 6.07) is 4.65. The third-order valence-electron chi connectivity index (χ3n) is 4.74. The highest BCUT2D eigenvalue weighted by molar-refractivity contribution is 7.71. The van der Waals surface area contributed by atoms with Crippen molar-refractivity contribution in [3.8, 4) is 0 Å². The van der Waals surface area contributed by atoms with E-state index < -0.39 is 5.97 Å². The van der Waals surface area contributed by atoms with Crippen molar-refractivity contribution < 1.29 is 19.1 Å². The number of H-pyrrole nitrogens is 1. The molecule has 0 bridgehead atoms. The molecule has 1 aliphatic heterocycles. The van der Waals surface area contributed by atoms with Crippen LogP contribution in [0, 0.1) is 4.77 Å². The molecule has 1 unspecified atom stereocenters. The molecule has 2 heterocycles. The first-order valence-electron chi connectivity index (χ1n) is 9.23. The lowest BCUT2D eigenvalue weighted by atomic mass is 10.1. The van der Waals surface area contributed by atoms with Crippen LogP contribution in [0.15, 0.2) is 23.0 Å². The summed E-state index contributed by atoms with van der Waals surface area (Å²) in [4.78, 5) is 39.3. The topological polar surface area (TPSA) is 102 Å². The first-order chi connectivity index (χ1) is 13.5.